The Morgan fingerprint density at radius 1 is 1.18 bits per heavy atom. The molecule has 0 aliphatic carbocycles. The van der Waals surface area contributed by atoms with Crippen LogP contribution >= 0.6 is 0 Å². The predicted molar refractivity (Wildman–Crippen MR) is 88.6 cm³/mol. The Balaban J connectivity index is 1.63. The molecule has 114 valence electrons. The number of aromatic nitrogens is 2. The van der Waals surface area contributed by atoms with E-state index in [1.54, 1.807) is 0 Å². The van der Waals surface area contributed by atoms with Crippen LogP contribution in [0.15, 0.2) is 48.7 Å². The first-order chi connectivity index (χ1) is 10.6. The van der Waals surface area contributed by atoms with Gasteiger partial charge >= 0.3 is 0 Å². The number of rotatable bonds is 5. The monoisotopic (exact) mass is 295 g/mol. The van der Waals surface area contributed by atoms with Gasteiger partial charge in [-0.1, -0.05) is 36.4 Å². The van der Waals surface area contributed by atoms with Crippen molar-refractivity contribution in [3.8, 4) is 0 Å². The molecule has 4 nitrogen and oxygen atoms in total. The van der Waals surface area contributed by atoms with Crippen molar-refractivity contribution in [1.29, 1.82) is 0 Å². The number of benzene rings is 2. The van der Waals surface area contributed by atoms with E-state index >= 15 is 0 Å². The standard InChI is InChI=1S/C18H21N3O/c1-13-17(12-21(2)20-13)10-19-11-18(22)16-8-7-14-5-3-4-6-15(14)9-16/h3-9,12,18-19,22H,10-11H2,1-2H3. The van der Waals surface area contributed by atoms with Crippen molar-refractivity contribution in [2.24, 2.45) is 7.05 Å². The van der Waals surface area contributed by atoms with E-state index in [0.29, 0.717) is 13.1 Å². The Kier molecular flexibility index (Phi) is 4.22. The number of aliphatic hydroxyl groups is 1. The quantitative estimate of drug-likeness (QED) is 0.761. The minimum absolute atomic E-state index is 0.512. The van der Waals surface area contributed by atoms with Crippen molar-refractivity contribution in [2.75, 3.05) is 6.54 Å². The molecule has 0 radical (unpaired) electrons. The third kappa shape index (κ3) is 3.18. The van der Waals surface area contributed by atoms with Gasteiger partial charge in [0.15, 0.2) is 0 Å². The fraction of sp³-hybridized carbons (Fsp3) is 0.278. The van der Waals surface area contributed by atoms with Gasteiger partial charge in [0.05, 0.1) is 11.8 Å². The maximum Gasteiger partial charge on any atom is 0.0914 e. The largest absolute Gasteiger partial charge is 0.387 e. The van der Waals surface area contributed by atoms with Gasteiger partial charge in [-0.15, -0.1) is 0 Å². The van der Waals surface area contributed by atoms with Gasteiger partial charge < -0.3 is 10.4 Å². The predicted octanol–water partition coefficient (Wildman–Crippen LogP) is 2.70. The smallest absolute Gasteiger partial charge is 0.0914 e. The summed E-state index contributed by atoms with van der Waals surface area (Å²) in [6.45, 7) is 3.23. The van der Waals surface area contributed by atoms with E-state index in [9.17, 15) is 5.11 Å². The van der Waals surface area contributed by atoms with Crippen LogP contribution in [-0.4, -0.2) is 21.4 Å². The molecule has 22 heavy (non-hydrogen) atoms. The van der Waals surface area contributed by atoms with Crippen LogP contribution in [0.3, 0.4) is 0 Å². The lowest BCUT2D eigenvalue weighted by atomic mass is 10.0. The lowest BCUT2D eigenvalue weighted by Gasteiger charge is -2.13. The van der Waals surface area contributed by atoms with Crippen LogP contribution in [0.5, 0.6) is 0 Å². The summed E-state index contributed by atoms with van der Waals surface area (Å²) in [6, 6.07) is 14.3. The van der Waals surface area contributed by atoms with E-state index in [-0.39, 0.29) is 0 Å². The molecule has 4 heteroatoms. The molecule has 0 spiro atoms. The number of hydrogen-bond donors (Lipinski definition) is 2. The summed E-state index contributed by atoms with van der Waals surface area (Å²) >= 11 is 0. The number of fused-ring (bicyclic) bond motifs is 1. The van der Waals surface area contributed by atoms with Crippen molar-refractivity contribution in [3.63, 3.8) is 0 Å². The Morgan fingerprint density at radius 2 is 1.95 bits per heavy atom. The summed E-state index contributed by atoms with van der Waals surface area (Å²) in [6.07, 6.45) is 1.49. The van der Waals surface area contributed by atoms with Crippen LogP contribution in [0, 0.1) is 6.92 Å². The first-order valence-corrected chi connectivity index (χ1v) is 7.50. The topological polar surface area (TPSA) is 50.1 Å². The highest BCUT2D eigenvalue weighted by Gasteiger charge is 2.09. The molecule has 0 amide bonds. The zero-order chi connectivity index (χ0) is 15.5. The Bertz CT molecular complexity index is 779. The van der Waals surface area contributed by atoms with Gasteiger partial charge in [-0.3, -0.25) is 4.68 Å². The van der Waals surface area contributed by atoms with Gasteiger partial charge in [-0.25, -0.2) is 0 Å². The number of aliphatic hydroxyl groups excluding tert-OH is 1. The van der Waals surface area contributed by atoms with Crippen LogP contribution < -0.4 is 5.32 Å². The number of nitrogens with one attached hydrogen (secondary N) is 1. The molecule has 3 rings (SSSR count). The van der Waals surface area contributed by atoms with E-state index in [0.717, 1.165) is 22.2 Å². The number of nitrogens with zero attached hydrogens (tertiary/aromatic N) is 2. The second-order valence-electron chi connectivity index (χ2n) is 5.67. The summed E-state index contributed by atoms with van der Waals surface area (Å²) in [5.41, 5.74) is 3.12. The third-order valence-corrected chi connectivity index (χ3v) is 3.93. The second-order valence-corrected chi connectivity index (χ2v) is 5.67. The highest BCUT2D eigenvalue weighted by Crippen LogP contribution is 2.20. The molecule has 1 atom stereocenters. The molecule has 0 aliphatic rings. The van der Waals surface area contributed by atoms with Crippen LogP contribution in [0.2, 0.25) is 0 Å². The molecule has 0 aliphatic heterocycles. The highest BCUT2D eigenvalue weighted by molar-refractivity contribution is 5.83. The van der Waals surface area contributed by atoms with Gasteiger partial charge in [0.1, 0.15) is 0 Å². The van der Waals surface area contributed by atoms with Crippen molar-refractivity contribution < 1.29 is 5.11 Å². The SMILES string of the molecule is Cc1nn(C)cc1CNCC(O)c1ccc2ccccc2c1. The summed E-state index contributed by atoms with van der Waals surface area (Å²) in [7, 11) is 1.92. The average molecular weight is 295 g/mol. The molecule has 0 saturated carbocycles. The van der Waals surface area contributed by atoms with Gasteiger partial charge in [-0.2, -0.15) is 5.10 Å². The van der Waals surface area contributed by atoms with E-state index in [1.165, 1.54) is 5.39 Å². The molecule has 0 bridgehead atoms. The van der Waals surface area contributed by atoms with E-state index in [1.807, 2.05) is 43.0 Å². The fourth-order valence-electron chi connectivity index (χ4n) is 2.70. The molecule has 0 fully saturated rings. The molecule has 1 unspecified atom stereocenters. The van der Waals surface area contributed by atoms with Crippen molar-refractivity contribution in [3.05, 3.63) is 65.5 Å². The zero-order valence-corrected chi connectivity index (χ0v) is 13.0. The number of aryl methyl sites for hydroxylation is 2. The summed E-state index contributed by atoms with van der Waals surface area (Å²) in [4.78, 5) is 0. The van der Waals surface area contributed by atoms with Crippen LogP contribution in [0.25, 0.3) is 10.8 Å². The van der Waals surface area contributed by atoms with E-state index < -0.39 is 6.10 Å². The zero-order valence-electron chi connectivity index (χ0n) is 13.0. The van der Waals surface area contributed by atoms with E-state index in [4.69, 9.17) is 0 Å². The molecule has 2 aromatic carbocycles. The summed E-state index contributed by atoms with van der Waals surface area (Å²) in [5.74, 6) is 0. The lowest BCUT2D eigenvalue weighted by Crippen LogP contribution is -2.21. The normalized spacial score (nSPS) is 12.7. The Labute approximate surface area is 130 Å². The Morgan fingerprint density at radius 3 is 2.68 bits per heavy atom. The number of hydrogen-bond acceptors (Lipinski definition) is 3. The van der Waals surface area contributed by atoms with Gasteiger partial charge in [-0.05, 0) is 29.3 Å². The van der Waals surface area contributed by atoms with Crippen LogP contribution in [-0.2, 0) is 13.6 Å². The molecule has 1 aromatic heterocycles. The van der Waals surface area contributed by atoms with Gasteiger partial charge in [0, 0.05) is 31.9 Å². The maximum atomic E-state index is 10.3. The summed E-state index contributed by atoms with van der Waals surface area (Å²) in [5, 5.41) is 20.3. The second kappa shape index (κ2) is 6.30. The molecule has 2 N–H and O–H groups in total. The molecule has 1 heterocycles. The maximum absolute atomic E-state index is 10.3. The molecular formula is C18H21N3O. The van der Waals surface area contributed by atoms with Crippen molar-refractivity contribution in [1.82, 2.24) is 15.1 Å². The Hall–Kier alpha value is -2.17. The van der Waals surface area contributed by atoms with E-state index in [2.05, 4.69) is 34.7 Å². The van der Waals surface area contributed by atoms with Crippen molar-refractivity contribution >= 4 is 10.8 Å². The van der Waals surface area contributed by atoms with Crippen molar-refractivity contribution in [2.45, 2.75) is 19.6 Å². The van der Waals surface area contributed by atoms with Crippen LogP contribution in [0.1, 0.15) is 22.9 Å². The minimum Gasteiger partial charge on any atom is -0.387 e. The first-order valence-electron chi connectivity index (χ1n) is 7.50. The van der Waals surface area contributed by atoms with Gasteiger partial charge in [0.25, 0.3) is 0 Å². The molecule has 3 aromatic rings. The summed E-state index contributed by atoms with van der Waals surface area (Å²) < 4.78 is 1.81. The van der Waals surface area contributed by atoms with Gasteiger partial charge in [0.2, 0.25) is 0 Å². The first kappa shape index (κ1) is 14.8. The average Bonchev–Trinajstić information content (AvgIpc) is 2.84. The highest BCUT2D eigenvalue weighted by atomic mass is 16.3. The fourth-order valence-corrected chi connectivity index (χ4v) is 2.70. The molecule has 0 saturated heterocycles. The van der Waals surface area contributed by atoms with Crippen LogP contribution in [0.4, 0.5) is 0 Å². The minimum atomic E-state index is -0.512. The third-order valence-electron chi connectivity index (χ3n) is 3.93. The molecular weight excluding hydrogens is 274 g/mol. The lowest BCUT2D eigenvalue weighted by molar-refractivity contribution is 0.174.